The number of hydrogen-bond donors (Lipinski definition) is 1. The van der Waals surface area contributed by atoms with Crippen molar-refractivity contribution in [2.24, 2.45) is 0 Å². The summed E-state index contributed by atoms with van der Waals surface area (Å²) in [6.45, 7) is -0.357. The molecule has 25 heavy (non-hydrogen) atoms. The van der Waals surface area contributed by atoms with Gasteiger partial charge in [-0.15, -0.1) is 0 Å². The lowest BCUT2D eigenvalue weighted by molar-refractivity contribution is -0.116. The second-order valence-corrected chi connectivity index (χ2v) is 8.51. The zero-order valence-corrected chi connectivity index (χ0v) is 16.7. The number of anilines is 1. The Balaban J connectivity index is 2.14. The molecule has 9 heteroatoms. The molecule has 6 nitrogen and oxygen atoms in total. The minimum Gasteiger partial charge on any atom is -0.495 e. The molecule has 0 fully saturated rings. The molecule has 0 spiro atoms. The van der Waals surface area contributed by atoms with Crippen LogP contribution in [-0.2, 0) is 14.8 Å². The van der Waals surface area contributed by atoms with E-state index in [1.807, 2.05) is 0 Å². The molecule has 1 amide bonds. The van der Waals surface area contributed by atoms with Crippen LogP contribution in [0, 0.1) is 0 Å². The van der Waals surface area contributed by atoms with Crippen molar-refractivity contribution in [3.05, 3.63) is 52.0 Å². The van der Waals surface area contributed by atoms with Crippen molar-refractivity contribution < 1.29 is 17.9 Å². The number of hydrogen-bond acceptors (Lipinski definition) is 4. The van der Waals surface area contributed by atoms with E-state index in [0.29, 0.717) is 20.9 Å². The largest absolute Gasteiger partial charge is 0.495 e. The predicted molar refractivity (Wildman–Crippen MR) is 101 cm³/mol. The van der Waals surface area contributed by atoms with Gasteiger partial charge in [-0.3, -0.25) is 4.79 Å². The van der Waals surface area contributed by atoms with Gasteiger partial charge in [-0.25, -0.2) is 8.42 Å². The first kappa shape index (κ1) is 19.7. The maximum absolute atomic E-state index is 12.5. The molecule has 2 rings (SSSR count). The lowest BCUT2D eigenvalue weighted by Crippen LogP contribution is -2.35. The van der Waals surface area contributed by atoms with Crippen LogP contribution >= 0.6 is 27.5 Å². The summed E-state index contributed by atoms with van der Waals surface area (Å²) >= 11 is 9.15. The maximum Gasteiger partial charge on any atom is 0.243 e. The molecule has 0 bridgehead atoms. The maximum atomic E-state index is 12.5. The number of carbonyl (C=O) groups excluding carboxylic acids is 1. The Morgan fingerprint density at radius 2 is 2.00 bits per heavy atom. The van der Waals surface area contributed by atoms with Gasteiger partial charge in [-0.2, -0.15) is 4.31 Å². The standard InChI is InChI=1S/C16H16BrClN2O4S/c1-20(25(22,23)13-5-3-4-11(17)8-13)10-16(21)19-14-9-12(18)6-7-15(14)24-2/h3-9H,10H2,1-2H3,(H,19,21). The van der Waals surface area contributed by atoms with E-state index in [2.05, 4.69) is 21.2 Å². The summed E-state index contributed by atoms with van der Waals surface area (Å²) in [5, 5.41) is 3.03. The average molecular weight is 448 g/mol. The van der Waals surface area contributed by atoms with Gasteiger partial charge in [0, 0.05) is 16.5 Å². The van der Waals surface area contributed by atoms with Crippen molar-refractivity contribution in [3.63, 3.8) is 0 Å². The Morgan fingerprint density at radius 3 is 2.64 bits per heavy atom. The van der Waals surface area contributed by atoms with E-state index in [-0.39, 0.29) is 11.4 Å². The lowest BCUT2D eigenvalue weighted by Gasteiger charge is -2.17. The van der Waals surface area contributed by atoms with Gasteiger partial charge in [-0.05, 0) is 36.4 Å². The van der Waals surface area contributed by atoms with Crippen molar-refractivity contribution in [2.75, 3.05) is 26.0 Å². The van der Waals surface area contributed by atoms with Crippen LogP contribution in [0.25, 0.3) is 0 Å². The third kappa shape index (κ3) is 4.94. The van der Waals surface area contributed by atoms with Crippen LogP contribution in [0.5, 0.6) is 5.75 Å². The summed E-state index contributed by atoms with van der Waals surface area (Å²) in [5.41, 5.74) is 0.369. The molecule has 0 aliphatic rings. The van der Waals surface area contributed by atoms with Gasteiger partial charge in [0.25, 0.3) is 0 Å². The number of amides is 1. The Hall–Kier alpha value is -1.61. The number of methoxy groups -OCH3 is 1. The minimum atomic E-state index is -3.79. The summed E-state index contributed by atoms with van der Waals surface area (Å²) < 4.78 is 31.8. The zero-order chi connectivity index (χ0) is 18.6. The topological polar surface area (TPSA) is 75.7 Å². The van der Waals surface area contributed by atoms with E-state index >= 15 is 0 Å². The highest BCUT2D eigenvalue weighted by Gasteiger charge is 2.23. The summed E-state index contributed by atoms with van der Waals surface area (Å²) in [6, 6.07) is 11.0. The molecule has 2 aromatic rings. The third-order valence-corrected chi connectivity index (χ3v) is 5.83. The first-order chi connectivity index (χ1) is 11.7. The summed E-state index contributed by atoms with van der Waals surface area (Å²) in [4.78, 5) is 12.3. The van der Waals surface area contributed by atoms with Gasteiger partial charge >= 0.3 is 0 Å². The van der Waals surface area contributed by atoms with Gasteiger partial charge in [0.05, 0.1) is 24.2 Å². The van der Waals surface area contributed by atoms with Gasteiger partial charge in [0.15, 0.2) is 0 Å². The number of sulfonamides is 1. The van der Waals surface area contributed by atoms with Crippen LogP contribution in [0.1, 0.15) is 0 Å². The SMILES string of the molecule is COc1ccc(Cl)cc1NC(=O)CN(C)S(=O)(=O)c1cccc(Br)c1. The van der Waals surface area contributed by atoms with Crippen molar-refractivity contribution in [3.8, 4) is 5.75 Å². The van der Waals surface area contributed by atoms with E-state index < -0.39 is 15.9 Å². The molecule has 0 saturated heterocycles. The first-order valence-corrected chi connectivity index (χ1v) is 9.70. The smallest absolute Gasteiger partial charge is 0.243 e. The average Bonchev–Trinajstić information content (AvgIpc) is 2.54. The summed E-state index contributed by atoms with van der Waals surface area (Å²) in [6.07, 6.45) is 0. The van der Waals surface area contributed by atoms with Crippen LogP contribution < -0.4 is 10.1 Å². The second-order valence-electron chi connectivity index (χ2n) is 5.11. The van der Waals surface area contributed by atoms with Crippen LogP contribution in [-0.4, -0.2) is 39.3 Å². The Labute approximate surface area is 159 Å². The molecule has 0 unspecified atom stereocenters. The van der Waals surface area contributed by atoms with Crippen molar-refractivity contribution in [1.29, 1.82) is 0 Å². The number of ether oxygens (including phenoxy) is 1. The molecule has 2 aromatic carbocycles. The molecule has 0 atom stereocenters. The summed E-state index contributed by atoms with van der Waals surface area (Å²) in [7, 11) is -0.988. The molecule has 0 aromatic heterocycles. The fraction of sp³-hybridized carbons (Fsp3) is 0.188. The van der Waals surface area contributed by atoms with E-state index in [0.717, 1.165) is 4.31 Å². The number of carbonyl (C=O) groups is 1. The Kier molecular flexibility index (Phi) is 6.45. The molecule has 0 radical (unpaired) electrons. The van der Waals surface area contributed by atoms with E-state index in [1.165, 1.54) is 32.4 Å². The molecule has 134 valence electrons. The highest BCUT2D eigenvalue weighted by atomic mass is 79.9. The molecular formula is C16H16BrClN2O4S. The van der Waals surface area contributed by atoms with E-state index in [4.69, 9.17) is 16.3 Å². The zero-order valence-electron chi connectivity index (χ0n) is 13.5. The normalized spacial score (nSPS) is 11.4. The minimum absolute atomic E-state index is 0.0949. The number of benzene rings is 2. The van der Waals surface area contributed by atoms with Crippen molar-refractivity contribution in [2.45, 2.75) is 4.90 Å². The fourth-order valence-electron chi connectivity index (χ4n) is 2.06. The van der Waals surface area contributed by atoms with Crippen LogP contribution in [0.15, 0.2) is 51.8 Å². The van der Waals surface area contributed by atoms with E-state index in [1.54, 1.807) is 24.3 Å². The van der Waals surface area contributed by atoms with Crippen LogP contribution in [0.2, 0.25) is 5.02 Å². The molecule has 0 saturated carbocycles. The van der Waals surface area contributed by atoms with Gasteiger partial charge < -0.3 is 10.1 Å². The Bertz CT molecular complexity index is 889. The third-order valence-electron chi connectivity index (χ3n) is 3.31. The first-order valence-electron chi connectivity index (χ1n) is 7.09. The number of halogens is 2. The molecule has 0 aliphatic carbocycles. The van der Waals surface area contributed by atoms with Crippen molar-refractivity contribution in [1.82, 2.24) is 4.31 Å². The fourth-order valence-corrected chi connectivity index (χ4v) is 3.96. The lowest BCUT2D eigenvalue weighted by atomic mass is 10.3. The van der Waals surface area contributed by atoms with Crippen LogP contribution in [0.3, 0.4) is 0 Å². The van der Waals surface area contributed by atoms with E-state index in [9.17, 15) is 13.2 Å². The van der Waals surface area contributed by atoms with Crippen molar-refractivity contribution >= 4 is 49.1 Å². The van der Waals surface area contributed by atoms with Gasteiger partial charge in [0.2, 0.25) is 15.9 Å². The highest BCUT2D eigenvalue weighted by Crippen LogP contribution is 2.27. The molecule has 1 N–H and O–H groups in total. The highest BCUT2D eigenvalue weighted by molar-refractivity contribution is 9.10. The second kappa shape index (κ2) is 8.18. The monoisotopic (exact) mass is 446 g/mol. The number of nitrogens with one attached hydrogen (secondary N) is 1. The molecule has 0 aliphatic heterocycles. The predicted octanol–water partition coefficient (Wildman–Crippen LogP) is 3.37. The number of likely N-dealkylation sites (N-methyl/N-ethyl adjacent to an activating group) is 1. The number of nitrogens with zero attached hydrogens (tertiary/aromatic N) is 1. The molecule has 0 heterocycles. The number of rotatable bonds is 6. The Morgan fingerprint density at radius 1 is 1.28 bits per heavy atom. The summed E-state index contributed by atoms with van der Waals surface area (Å²) in [5.74, 6) is -0.0862. The van der Waals surface area contributed by atoms with Gasteiger partial charge in [0.1, 0.15) is 5.75 Å². The van der Waals surface area contributed by atoms with Gasteiger partial charge in [-0.1, -0.05) is 33.6 Å². The van der Waals surface area contributed by atoms with Crippen LogP contribution in [0.4, 0.5) is 5.69 Å². The molecular weight excluding hydrogens is 432 g/mol. The quantitative estimate of drug-likeness (QED) is 0.737.